The van der Waals surface area contributed by atoms with Crippen LogP contribution in [0.2, 0.25) is 0 Å². The van der Waals surface area contributed by atoms with Gasteiger partial charge in [0.2, 0.25) is 5.95 Å². The topological polar surface area (TPSA) is 61.5 Å². The molecule has 1 N–H and O–H groups in total. The molecule has 0 unspecified atom stereocenters. The van der Waals surface area contributed by atoms with Crippen LogP contribution in [0.5, 0.6) is 0 Å². The molecular weight excluding hydrogens is 340 g/mol. The number of ether oxygens (including phenoxy) is 1. The molecule has 2 aromatic rings. The van der Waals surface area contributed by atoms with Crippen molar-refractivity contribution >= 4 is 5.95 Å². The molecule has 0 aliphatic carbocycles. The molecule has 1 aromatic carbocycles. The van der Waals surface area contributed by atoms with Crippen LogP contribution in [-0.4, -0.2) is 46.7 Å². The lowest BCUT2D eigenvalue weighted by Gasteiger charge is -2.36. The van der Waals surface area contributed by atoms with Gasteiger partial charge in [0.25, 0.3) is 5.56 Å². The minimum atomic E-state index is 0.0114. The van der Waals surface area contributed by atoms with E-state index in [0.29, 0.717) is 5.95 Å². The smallest absolute Gasteiger partial charge is 0.255 e. The summed E-state index contributed by atoms with van der Waals surface area (Å²) in [6.45, 7) is 10.3. The fraction of sp³-hybridized carbons (Fsp3) is 0.524. The van der Waals surface area contributed by atoms with Crippen molar-refractivity contribution in [2.45, 2.75) is 52.5 Å². The molecular formula is C21H28N4O2. The Hall–Kier alpha value is -2.18. The monoisotopic (exact) mass is 368 g/mol. The first-order chi connectivity index (χ1) is 13.0. The minimum absolute atomic E-state index is 0.0114. The highest BCUT2D eigenvalue weighted by atomic mass is 16.5. The molecule has 3 heterocycles. The summed E-state index contributed by atoms with van der Waals surface area (Å²) >= 11 is 0. The predicted molar refractivity (Wildman–Crippen MR) is 106 cm³/mol. The number of fused-ring (bicyclic) bond motifs is 1. The Morgan fingerprint density at radius 3 is 2.70 bits per heavy atom. The molecule has 2 aliphatic heterocycles. The van der Waals surface area contributed by atoms with Crippen LogP contribution in [0.3, 0.4) is 0 Å². The van der Waals surface area contributed by atoms with Crippen molar-refractivity contribution in [2.24, 2.45) is 0 Å². The van der Waals surface area contributed by atoms with E-state index in [0.717, 1.165) is 50.4 Å². The first-order valence-electron chi connectivity index (χ1n) is 9.79. The number of morpholine rings is 1. The maximum atomic E-state index is 12.6. The number of hydrogen-bond acceptors (Lipinski definition) is 5. The maximum Gasteiger partial charge on any atom is 0.255 e. The second-order valence-electron chi connectivity index (χ2n) is 7.86. The SMILES string of the molecule is Cc1ccccc1CN1CCc2c(nc(N3C[C@@H](C)O[C@H](C)C3)[nH]c2=O)C1. The van der Waals surface area contributed by atoms with Gasteiger partial charge in [0.15, 0.2) is 0 Å². The molecule has 1 aromatic heterocycles. The second-order valence-corrected chi connectivity index (χ2v) is 7.86. The second kappa shape index (κ2) is 7.44. The van der Waals surface area contributed by atoms with Crippen molar-refractivity contribution in [1.29, 1.82) is 0 Å². The van der Waals surface area contributed by atoms with Crippen molar-refractivity contribution in [3.05, 3.63) is 57.0 Å². The number of hydrogen-bond donors (Lipinski definition) is 1. The number of nitrogens with one attached hydrogen (secondary N) is 1. The lowest BCUT2D eigenvalue weighted by Crippen LogP contribution is -2.47. The molecule has 0 spiro atoms. The van der Waals surface area contributed by atoms with Gasteiger partial charge < -0.3 is 9.64 Å². The number of benzene rings is 1. The van der Waals surface area contributed by atoms with Gasteiger partial charge in [-0.05, 0) is 38.3 Å². The maximum absolute atomic E-state index is 12.6. The van der Waals surface area contributed by atoms with Gasteiger partial charge in [-0.2, -0.15) is 0 Å². The van der Waals surface area contributed by atoms with Gasteiger partial charge >= 0.3 is 0 Å². The molecule has 0 saturated carbocycles. The van der Waals surface area contributed by atoms with Gasteiger partial charge in [-0.25, -0.2) is 4.98 Å². The zero-order chi connectivity index (χ0) is 19.0. The Bertz CT molecular complexity index is 869. The number of aromatic amines is 1. The van der Waals surface area contributed by atoms with E-state index in [2.05, 4.69) is 59.8 Å². The molecule has 6 nitrogen and oxygen atoms in total. The Labute approximate surface area is 160 Å². The van der Waals surface area contributed by atoms with Gasteiger partial charge in [-0.3, -0.25) is 14.7 Å². The zero-order valence-electron chi connectivity index (χ0n) is 16.4. The normalized spacial score (nSPS) is 23.3. The third-order valence-corrected chi connectivity index (χ3v) is 5.51. The minimum Gasteiger partial charge on any atom is -0.372 e. The van der Waals surface area contributed by atoms with Crippen LogP contribution in [0.25, 0.3) is 0 Å². The van der Waals surface area contributed by atoms with Crippen molar-refractivity contribution < 1.29 is 4.74 Å². The van der Waals surface area contributed by atoms with Gasteiger partial charge in [0.05, 0.1) is 17.9 Å². The lowest BCUT2D eigenvalue weighted by atomic mass is 10.0. The molecule has 4 rings (SSSR count). The van der Waals surface area contributed by atoms with E-state index in [1.165, 1.54) is 11.1 Å². The number of H-pyrrole nitrogens is 1. The van der Waals surface area contributed by atoms with Crippen LogP contribution < -0.4 is 10.5 Å². The fourth-order valence-electron chi connectivity index (χ4n) is 4.14. The standard InChI is InChI=1S/C21H28N4O2/c1-14-6-4-5-7-17(14)12-24-9-8-18-19(13-24)22-21(23-20(18)26)25-10-15(2)27-16(3)11-25/h4-7,15-16H,8-13H2,1-3H3,(H,22,23,26)/t15-,16-/m1/s1. The molecule has 0 radical (unpaired) electrons. The molecule has 1 saturated heterocycles. The van der Waals surface area contributed by atoms with Crippen molar-refractivity contribution in [3.63, 3.8) is 0 Å². The molecule has 2 aliphatic rings. The average molecular weight is 368 g/mol. The Morgan fingerprint density at radius 1 is 1.22 bits per heavy atom. The third-order valence-electron chi connectivity index (χ3n) is 5.51. The van der Waals surface area contributed by atoms with Crippen molar-refractivity contribution in [3.8, 4) is 0 Å². The van der Waals surface area contributed by atoms with E-state index < -0.39 is 0 Å². The lowest BCUT2D eigenvalue weighted by molar-refractivity contribution is -0.00576. The summed E-state index contributed by atoms with van der Waals surface area (Å²) in [6, 6.07) is 8.48. The van der Waals surface area contributed by atoms with E-state index in [1.54, 1.807) is 0 Å². The number of aromatic nitrogens is 2. The molecule has 6 heteroatoms. The van der Waals surface area contributed by atoms with Gasteiger partial charge in [0.1, 0.15) is 0 Å². The Kier molecular flexibility index (Phi) is 5.02. The van der Waals surface area contributed by atoms with E-state index in [-0.39, 0.29) is 17.8 Å². The van der Waals surface area contributed by atoms with E-state index >= 15 is 0 Å². The van der Waals surface area contributed by atoms with Crippen LogP contribution in [0, 0.1) is 6.92 Å². The van der Waals surface area contributed by atoms with Gasteiger partial charge in [-0.15, -0.1) is 0 Å². The van der Waals surface area contributed by atoms with Crippen molar-refractivity contribution in [1.82, 2.24) is 14.9 Å². The number of aryl methyl sites for hydroxylation is 1. The third kappa shape index (κ3) is 3.92. The fourth-order valence-corrected chi connectivity index (χ4v) is 4.14. The van der Waals surface area contributed by atoms with Crippen LogP contribution in [0.15, 0.2) is 29.1 Å². The number of nitrogens with zero attached hydrogens (tertiary/aromatic N) is 3. The first kappa shape index (κ1) is 18.2. The summed E-state index contributed by atoms with van der Waals surface area (Å²) in [5.41, 5.74) is 4.41. The van der Waals surface area contributed by atoms with E-state index in [9.17, 15) is 4.79 Å². The largest absolute Gasteiger partial charge is 0.372 e. The summed E-state index contributed by atoms with van der Waals surface area (Å²) < 4.78 is 5.81. The average Bonchev–Trinajstić information content (AvgIpc) is 2.62. The molecule has 27 heavy (non-hydrogen) atoms. The Balaban J connectivity index is 1.56. The molecule has 1 fully saturated rings. The quantitative estimate of drug-likeness (QED) is 0.900. The first-order valence-corrected chi connectivity index (χ1v) is 9.79. The van der Waals surface area contributed by atoms with Crippen molar-refractivity contribution in [2.75, 3.05) is 24.5 Å². The molecule has 0 bridgehead atoms. The number of rotatable bonds is 3. The van der Waals surface area contributed by atoms with Crippen LogP contribution in [-0.2, 0) is 24.2 Å². The van der Waals surface area contributed by atoms with E-state index in [1.807, 2.05) is 0 Å². The van der Waals surface area contributed by atoms with Gasteiger partial charge in [0, 0.05) is 38.3 Å². The summed E-state index contributed by atoms with van der Waals surface area (Å²) in [5.74, 6) is 0.679. The van der Waals surface area contributed by atoms with Crippen LogP contribution in [0.4, 0.5) is 5.95 Å². The number of anilines is 1. The summed E-state index contributed by atoms with van der Waals surface area (Å²) in [7, 11) is 0. The molecule has 144 valence electrons. The summed E-state index contributed by atoms with van der Waals surface area (Å²) in [6.07, 6.45) is 1.01. The highest BCUT2D eigenvalue weighted by Crippen LogP contribution is 2.21. The zero-order valence-corrected chi connectivity index (χ0v) is 16.4. The van der Waals surface area contributed by atoms with Gasteiger partial charge in [-0.1, -0.05) is 24.3 Å². The molecule has 2 atom stereocenters. The predicted octanol–water partition coefficient (Wildman–Crippen LogP) is 2.25. The summed E-state index contributed by atoms with van der Waals surface area (Å²) in [4.78, 5) is 25.0. The Morgan fingerprint density at radius 2 is 1.96 bits per heavy atom. The van der Waals surface area contributed by atoms with Crippen LogP contribution in [0.1, 0.15) is 36.2 Å². The molecule has 0 amide bonds. The highest BCUT2D eigenvalue weighted by Gasteiger charge is 2.27. The highest BCUT2D eigenvalue weighted by molar-refractivity contribution is 5.35. The summed E-state index contributed by atoms with van der Waals surface area (Å²) in [5, 5.41) is 0. The van der Waals surface area contributed by atoms with E-state index in [4.69, 9.17) is 9.72 Å². The van der Waals surface area contributed by atoms with Crippen LogP contribution >= 0.6 is 0 Å².